The average molecular weight is 442 g/mol. The largest absolute Gasteiger partial charge is 0.393 e. The van der Waals surface area contributed by atoms with Crippen LogP contribution in [0.15, 0.2) is 38.6 Å². The number of aliphatic hydroxyl groups excluding tert-OH is 1. The molecule has 9 heteroatoms. The SMILES string of the molecule is CC(O)CCn1c(=O)c2c(nc(Br)n2Cc2ccc(Cl)cc2)n(C)c1=O. The smallest absolute Gasteiger partial charge is 0.332 e. The monoisotopic (exact) mass is 440 g/mol. The molecular formula is C17H18BrClN4O3. The van der Waals surface area contributed by atoms with Crippen molar-refractivity contribution in [3.8, 4) is 0 Å². The summed E-state index contributed by atoms with van der Waals surface area (Å²) in [6.45, 7) is 2.16. The summed E-state index contributed by atoms with van der Waals surface area (Å²) < 4.78 is 4.67. The second-order valence-electron chi connectivity index (χ2n) is 6.20. The second-order valence-corrected chi connectivity index (χ2v) is 7.35. The molecule has 3 rings (SSSR count). The first-order valence-corrected chi connectivity index (χ1v) is 9.24. The standard InChI is InChI=1S/C17H18BrClN4O3/c1-10(24)7-8-22-15(25)13-14(21(2)17(22)26)20-16(18)23(13)9-11-3-5-12(19)6-4-11/h3-6,10,24H,7-9H2,1-2H3. The zero-order chi connectivity index (χ0) is 19.0. The van der Waals surface area contributed by atoms with Gasteiger partial charge in [0.05, 0.1) is 12.6 Å². The Morgan fingerprint density at radius 3 is 2.50 bits per heavy atom. The van der Waals surface area contributed by atoms with Crippen LogP contribution in [0.3, 0.4) is 0 Å². The van der Waals surface area contributed by atoms with Crippen LogP contribution in [-0.4, -0.2) is 29.9 Å². The molecule has 2 aromatic heterocycles. The normalized spacial score (nSPS) is 12.7. The number of rotatable bonds is 5. The van der Waals surface area contributed by atoms with E-state index in [1.807, 2.05) is 12.1 Å². The molecule has 1 atom stereocenters. The molecule has 7 nitrogen and oxygen atoms in total. The third kappa shape index (κ3) is 3.49. The van der Waals surface area contributed by atoms with Crippen molar-refractivity contribution in [3.63, 3.8) is 0 Å². The highest BCUT2D eigenvalue weighted by Gasteiger charge is 2.19. The van der Waals surface area contributed by atoms with Crippen LogP contribution in [0.4, 0.5) is 0 Å². The van der Waals surface area contributed by atoms with Crippen molar-refractivity contribution in [1.29, 1.82) is 0 Å². The van der Waals surface area contributed by atoms with Gasteiger partial charge in [-0.1, -0.05) is 23.7 Å². The van der Waals surface area contributed by atoms with Gasteiger partial charge in [0, 0.05) is 18.6 Å². The molecule has 1 unspecified atom stereocenters. The van der Waals surface area contributed by atoms with Crippen molar-refractivity contribution in [1.82, 2.24) is 18.7 Å². The second kappa shape index (κ2) is 7.38. The van der Waals surface area contributed by atoms with Crippen LogP contribution in [-0.2, 0) is 20.1 Å². The van der Waals surface area contributed by atoms with E-state index < -0.39 is 17.4 Å². The van der Waals surface area contributed by atoms with Crippen molar-refractivity contribution in [2.75, 3.05) is 0 Å². The van der Waals surface area contributed by atoms with E-state index in [2.05, 4.69) is 20.9 Å². The number of fused-ring (bicyclic) bond motifs is 1. The van der Waals surface area contributed by atoms with Crippen LogP contribution in [0.2, 0.25) is 5.02 Å². The van der Waals surface area contributed by atoms with Crippen molar-refractivity contribution >= 4 is 38.7 Å². The van der Waals surface area contributed by atoms with Crippen LogP contribution in [0.1, 0.15) is 18.9 Å². The van der Waals surface area contributed by atoms with E-state index in [-0.39, 0.29) is 6.54 Å². The topological polar surface area (TPSA) is 82.1 Å². The maximum atomic E-state index is 13.0. The van der Waals surface area contributed by atoms with Crippen molar-refractivity contribution in [3.05, 3.63) is 60.4 Å². The Balaban J connectivity index is 2.17. The number of hydrogen-bond donors (Lipinski definition) is 1. The molecule has 0 aliphatic heterocycles. The quantitative estimate of drug-likeness (QED) is 0.615. The Morgan fingerprint density at radius 1 is 1.23 bits per heavy atom. The van der Waals surface area contributed by atoms with Crippen LogP contribution in [0.25, 0.3) is 11.2 Å². The van der Waals surface area contributed by atoms with Gasteiger partial charge >= 0.3 is 5.69 Å². The lowest BCUT2D eigenvalue weighted by atomic mass is 10.2. The third-order valence-electron chi connectivity index (χ3n) is 4.21. The van der Waals surface area contributed by atoms with Crippen LogP contribution < -0.4 is 11.2 Å². The Labute approximate surface area is 162 Å². The maximum absolute atomic E-state index is 13.0. The molecular weight excluding hydrogens is 424 g/mol. The first-order valence-electron chi connectivity index (χ1n) is 8.07. The van der Waals surface area contributed by atoms with E-state index in [1.165, 1.54) is 4.57 Å². The minimum atomic E-state index is -0.604. The Morgan fingerprint density at radius 2 is 1.88 bits per heavy atom. The van der Waals surface area contributed by atoms with Gasteiger partial charge in [0.1, 0.15) is 0 Å². The summed E-state index contributed by atoms with van der Waals surface area (Å²) in [5, 5.41) is 10.1. The zero-order valence-electron chi connectivity index (χ0n) is 14.3. The highest BCUT2D eigenvalue weighted by atomic mass is 79.9. The van der Waals surface area contributed by atoms with E-state index in [0.717, 1.165) is 10.1 Å². The molecule has 1 aromatic carbocycles. The van der Waals surface area contributed by atoms with Gasteiger partial charge in [0.15, 0.2) is 15.9 Å². The molecule has 0 amide bonds. The molecule has 2 heterocycles. The fraction of sp³-hybridized carbons (Fsp3) is 0.353. The molecule has 138 valence electrons. The third-order valence-corrected chi connectivity index (χ3v) is 5.07. The van der Waals surface area contributed by atoms with Gasteiger partial charge in [-0.3, -0.25) is 13.9 Å². The van der Waals surface area contributed by atoms with E-state index in [0.29, 0.717) is 33.9 Å². The Bertz CT molecular complexity index is 1070. The number of imidazole rings is 1. The minimum Gasteiger partial charge on any atom is -0.393 e. The van der Waals surface area contributed by atoms with Gasteiger partial charge in [-0.2, -0.15) is 0 Å². The molecule has 0 bridgehead atoms. The van der Waals surface area contributed by atoms with Gasteiger partial charge in [-0.25, -0.2) is 9.78 Å². The summed E-state index contributed by atoms with van der Waals surface area (Å²) in [7, 11) is 1.58. The van der Waals surface area contributed by atoms with E-state index in [4.69, 9.17) is 11.6 Å². The van der Waals surface area contributed by atoms with Gasteiger partial charge in [0.25, 0.3) is 5.56 Å². The lowest BCUT2D eigenvalue weighted by Crippen LogP contribution is -2.40. The molecule has 0 fully saturated rings. The lowest BCUT2D eigenvalue weighted by Gasteiger charge is -2.11. The van der Waals surface area contributed by atoms with Crippen LogP contribution >= 0.6 is 27.5 Å². The Hall–Kier alpha value is -1.90. The number of hydrogen-bond acceptors (Lipinski definition) is 4. The summed E-state index contributed by atoms with van der Waals surface area (Å²) >= 11 is 9.31. The fourth-order valence-corrected chi connectivity index (χ4v) is 3.37. The number of benzene rings is 1. The maximum Gasteiger partial charge on any atom is 0.332 e. The van der Waals surface area contributed by atoms with Gasteiger partial charge in [0.2, 0.25) is 0 Å². The molecule has 0 saturated heterocycles. The summed E-state index contributed by atoms with van der Waals surface area (Å²) in [4.78, 5) is 29.8. The van der Waals surface area contributed by atoms with Gasteiger partial charge < -0.3 is 9.67 Å². The Kier molecular flexibility index (Phi) is 5.36. The zero-order valence-corrected chi connectivity index (χ0v) is 16.7. The highest BCUT2D eigenvalue weighted by Crippen LogP contribution is 2.19. The van der Waals surface area contributed by atoms with Gasteiger partial charge in [-0.05, 0) is 47.0 Å². The van der Waals surface area contributed by atoms with Crippen LogP contribution in [0.5, 0.6) is 0 Å². The predicted octanol–water partition coefficient (Wildman–Crippen LogP) is 2.13. The van der Waals surface area contributed by atoms with Crippen molar-refractivity contribution < 1.29 is 5.11 Å². The molecule has 3 aromatic rings. The minimum absolute atomic E-state index is 0.142. The lowest BCUT2D eigenvalue weighted by molar-refractivity contribution is 0.177. The number of aromatic nitrogens is 4. The number of halogens is 2. The van der Waals surface area contributed by atoms with Crippen molar-refractivity contribution in [2.45, 2.75) is 32.5 Å². The highest BCUT2D eigenvalue weighted by molar-refractivity contribution is 9.10. The average Bonchev–Trinajstić information content (AvgIpc) is 2.91. The first-order chi connectivity index (χ1) is 12.3. The molecule has 0 saturated carbocycles. The first kappa shape index (κ1) is 18.9. The van der Waals surface area contributed by atoms with Crippen molar-refractivity contribution in [2.24, 2.45) is 7.05 Å². The van der Waals surface area contributed by atoms with Crippen LogP contribution in [0, 0.1) is 0 Å². The molecule has 0 radical (unpaired) electrons. The number of aryl methyl sites for hydroxylation is 1. The number of nitrogens with zero attached hydrogens (tertiary/aromatic N) is 4. The molecule has 0 spiro atoms. The summed E-state index contributed by atoms with van der Waals surface area (Å²) in [6.07, 6.45) is -0.291. The summed E-state index contributed by atoms with van der Waals surface area (Å²) in [5.74, 6) is 0. The molecule has 0 aliphatic carbocycles. The molecule has 0 aliphatic rings. The van der Waals surface area contributed by atoms with Gasteiger partial charge in [-0.15, -0.1) is 0 Å². The van der Waals surface area contributed by atoms with E-state index >= 15 is 0 Å². The van der Waals surface area contributed by atoms with E-state index in [1.54, 1.807) is 30.7 Å². The fourth-order valence-electron chi connectivity index (χ4n) is 2.77. The van der Waals surface area contributed by atoms with E-state index in [9.17, 15) is 14.7 Å². The predicted molar refractivity (Wildman–Crippen MR) is 104 cm³/mol. The molecule has 1 N–H and O–H groups in total. The molecule has 26 heavy (non-hydrogen) atoms. The summed E-state index contributed by atoms with van der Waals surface area (Å²) in [6, 6.07) is 7.30. The number of aliphatic hydroxyl groups is 1. The summed E-state index contributed by atoms with van der Waals surface area (Å²) in [5.41, 5.74) is 0.717.